The van der Waals surface area contributed by atoms with Crippen molar-refractivity contribution in [2.45, 2.75) is 40.0 Å². The molecule has 2 aliphatic rings. The number of hydrogen-bond donors (Lipinski definition) is 1. The summed E-state index contributed by atoms with van der Waals surface area (Å²) >= 11 is 1.13. The lowest BCUT2D eigenvalue weighted by atomic mass is 9.62. The monoisotopic (exact) mass is 430 g/mol. The van der Waals surface area contributed by atoms with Crippen LogP contribution in [0.1, 0.15) is 40.0 Å². The molecule has 1 saturated carbocycles. The molecule has 0 radical (unpaired) electrons. The third kappa shape index (κ3) is 2.97. The molecule has 2 unspecified atom stereocenters. The van der Waals surface area contributed by atoms with Gasteiger partial charge >= 0.3 is 0 Å². The number of hydrogen-bond acceptors (Lipinski definition) is 7. The van der Waals surface area contributed by atoms with Crippen LogP contribution in [0, 0.1) is 26.9 Å². The van der Waals surface area contributed by atoms with Crippen LogP contribution in [0.3, 0.4) is 0 Å². The fourth-order valence-corrected chi connectivity index (χ4v) is 5.50. The average molecular weight is 430 g/mol. The maximum Gasteiger partial charge on any atom is 0.270 e. The molecule has 0 spiro atoms. The Morgan fingerprint density at radius 2 is 2.10 bits per heavy atom. The number of likely N-dealkylation sites (tertiary alicyclic amines) is 1. The van der Waals surface area contributed by atoms with Crippen LogP contribution >= 0.6 is 11.3 Å². The van der Waals surface area contributed by atoms with Crippen molar-refractivity contribution in [2.24, 2.45) is 16.7 Å². The minimum Gasteiger partial charge on any atom is -0.302 e. The summed E-state index contributed by atoms with van der Waals surface area (Å²) in [5.41, 5.74) is -0.473. The first kappa shape index (κ1) is 20.4. The van der Waals surface area contributed by atoms with E-state index in [9.17, 15) is 24.5 Å². The van der Waals surface area contributed by atoms with Crippen molar-refractivity contribution in [3.8, 4) is 0 Å². The maximum atomic E-state index is 13.0. The van der Waals surface area contributed by atoms with Gasteiger partial charge in [0.25, 0.3) is 5.69 Å². The zero-order chi connectivity index (χ0) is 21.8. The highest BCUT2D eigenvalue weighted by Crippen LogP contribution is 2.60. The maximum absolute atomic E-state index is 13.0. The minimum atomic E-state index is -0.593. The van der Waals surface area contributed by atoms with Crippen LogP contribution in [0.5, 0.6) is 0 Å². The molecule has 1 N–H and O–H groups in total. The Bertz CT molecular complexity index is 1090. The molecule has 3 amide bonds. The van der Waals surface area contributed by atoms with Gasteiger partial charge in [0.05, 0.1) is 20.6 Å². The van der Waals surface area contributed by atoms with Gasteiger partial charge in [0.15, 0.2) is 5.13 Å². The number of nitrogens with one attached hydrogen (secondary N) is 1. The van der Waals surface area contributed by atoms with E-state index in [4.69, 9.17) is 0 Å². The molecule has 1 aromatic heterocycles. The first-order valence-electron chi connectivity index (χ1n) is 9.75. The van der Waals surface area contributed by atoms with Crippen LogP contribution < -0.4 is 5.32 Å². The lowest BCUT2D eigenvalue weighted by Crippen LogP contribution is -2.59. The van der Waals surface area contributed by atoms with Crippen molar-refractivity contribution in [2.75, 3.05) is 11.9 Å². The Balaban J connectivity index is 1.43. The summed E-state index contributed by atoms with van der Waals surface area (Å²) in [5, 5.41) is 13.9. The second kappa shape index (κ2) is 6.83. The molecule has 2 atom stereocenters. The molecule has 2 bridgehead atoms. The standard InChI is InChI=1S/C20H22N4O5S/c1-19(2)12-6-8-20(19,3)17(27)23(16(12)26)9-7-15(25)22-18-21-13-5-4-11(24(28)29)10-14(13)30-18/h4-5,10,12H,6-9H2,1-3H3,(H,21,22,25). The second-order valence-corrected chi connectivity index (χ2v) is 9.70. The summed E-state index contributed by atoms with van der Waals surface area (Å²) < 4.78 is 0.590. The summed E-state index contributed by atoms with van der Waals surface area (Å²) in [6.45, 7) is 5.89. The van der Waals surface area contributed by atoms with E-state index in [-0.39, 0.29) is 47.7 Å². The first-order valence-corrected chi connectivity index (χ1v) is 10.6. The highest BCUT2D eigenvalue weighted by atomic mass is 32.1. The van der Waals surface area contributed by atoms with Gasteiger partial charge in [-0.2, -0.15) is 0 Å². The topological polar surface area (TPSA) is 123 Å². The lowest BCUT2D eigenvalue weighted by molar-refractivity contribution is -0.384. The Hall–Kier alpha value is -2.88. The van der Waals surface area contributed by atoms with Crippen LogP contribution in [0.4, 0.5) is 10.8 Å². The molecular formula is C20H22N4O5S. The molecule has 1 aliphatic carbocycles. The predicted octanol–water partition coefficient (Wildman–Crippen LogP) is 3.34. The molecule has 1 saturated heterocycles. The average Bonchev–Trinajstić information content (AvgIpc) is 3.15. The van der Waals surface area contributed by atoms with Gasteiger partial charge in [-0.3, -0.25) is 29.4 Å². The fraction of sp³-hybridized carbons (Fsp3) is 0.500. The number of nitrogens with zero attached hydrogens (tertiary/aromatic N) is 3. The summed E-state index contributed by atoms with van der Waals surface area (Å²) in [6.07, 6.45) is 1.33. The van der Waals surface area contributed by atoms with Crippen molar-refractivity contribution < 1.29 is 19.3 Å². The largest absolute Gasteiger partial charge is 0.302 e. The quantitative estimate of drug-likeness (QED) is 0.441. The summed E-state index contributed by atoms with van der Waals surface area (Å²) in [4.78, 5) is 54.2. The zero-order valence-corrected chi connectivity index (χ0v) is 17.7. The third-order valence-electron chi connectivity index (χ3n) is 6.90. The number of nitro groups is 1. The molecule has 1 aliphatic heterocycles. The van der Waals surface area contributed by atoms with Gasteiger partial charge in [-0.1, -0.05) is 32.1 Å². The van der Waals surface area contributed by atoms with Gasteiger partial charge in [-0.05, 0) is 24.3 Å². The fourth-order valence-electron chi connectivity index (χ4n) is 4.59. The number of benzene rings is 1. The molecule has 1 aromatic carbocycles. The number of piperidine rings is 1. The van der Waals surface area contributed by atoms with Crippen LogP contribution in [0.25, 0.3) is 10.2 Å². The normalized spacial score (nSPS) is 25.0. The van der Waals surface area contributed by atoms with Gasteiger partial charge in [-0.15, -0.1) is 0 Å². The van der Waals surface area contributed by atoms with Crippen LogP contribution in [-0.4, -0.2) is 39.1 Å². The SMILES string of the molecule is CC12CCC(C(=O)N(CCC(=O)Nc3nc4ccc([N+](=O)[O-])cc4s3)C1=O)C2(C)C. The van der Waals surface area contributed by atoms with Gasteiger partial charge in [-0.25, -0.2) is 4.98 Å². The number of rotatable bonds is 5. The molecule has 10 heteroatoms. The molecule has 4 rings (SSSR count). The number of carbonyl (C=O) groups is 3. The summed E-state index contributed by atoms with van der Waals surface area (Å²) in [7, 11) is 0. The number of carbonyl (C=O) groups excluding carboxylic acids is 3. The van der Waals surface area contributed by atoms with Crippen molar-refractivity contribution >= 4 is 50.1 Å². The number of aromatic nitrogens is 1. The van der Waals surface area contributed by atoms with Gasteiger partial charge in [0, 0.05) is 31.0 Å². The lowest BCUT2D eigenvalue weighted by Gasteiger charge is -2.47. The third-order valence-corrected chi connectivity index (χ3v) is 7.83. The first-order chi connectivity index (χ1) is 14.0. The number of anilines is 1. The Morgan fingerprint density at radius 3 is 2.80 bits per heavy atom. The van der Waals surface area contributed by atoms with E-state index in [2.05, 4.69) is 10.3 Å². The smallest absolute Gasteiger partial charge is 0.270 e. The Labute approximate surface area is 176 Å². The van der Waals surface area contributed by atoms with E-state index in [1.54, 1.807) is 0 Å². The molecule has 9 nitrogen and oxygen atoms in total. The van der Waals surface area contributed by atoms with Gasteiger partial charge < -0.3 is 5.32 Å². The minimum absolute atomic E-state index is 0.0298. The number of thiazole rings is 1. The Morgan fingerprint density at radius 1 is 1.37 bits per heavy atom. The zero-order valence-electron chi connectivity index (χ0n) is 16.9. The summed E-state index contributed by atoms with van der Waals surface area (Å²) in [6, 6.07) is 4.30. The molecule has 2 aromatic rings. The molecular weight excluding hydrogens is 408 g/mol. The molecule has 30 heavy (non-hydrogen) atoms. The molecule has 2 heterocycles. The van der Waals surface area contributed by atoms with E-state index in [0.29, 0.717) is 28.2 Å². The van der Waals surface area contributed by atoms with Gasteiger partial charge in [0.2, 0.25) is 17.7 Å². The van der Waals surface area contributed by atoms with Crippen molar-refractivity contribution in [3.05, 3.63) is 28.3 Å². The highest BCUT2D eigenvalue weighted by Gasteiger charge is 2.64. The van der Waals surface area contributed by atoms with E-state index >= 15 is 0 Å². The van der Waals surface area contributed by atoms with Crippen molar-refractivity contribution in [1.29, 1.82) is 0 Å². The molecule has 158 valence electrons. The van der Waals surface area contributed by atoms with E-state index in [1.807, 2.05) is 20.8 Å². The van der Waals surface area contributed by atoms with Crippen molar-refractivity contribution in [3.63, 3.8) is 0 Å². The van der Waals surface area contributed by atoms with Crippen LogP contribution in [-0.2, 0) is 14.4 Å². The van der Waals surface area contributed by atoms with E-state index in [1.165, 1.54) is 23.1 Å². The number of non-ortho nitro benzene ring substituents is 1. The number of imide groups is 1. The van der Waals surface area contributed by atoms with Gasteiger partial charge in [0.1, 0.15) is 0 Å². The van der Waals surface area contributed by atoms with E-state index in [0.717, 1.165) is 11.3 Å². The predicted molar refractivity (Wildman–Crippen MR) is 111 cm³/mol. The van der Waals surface area contributed by atoms with Crippen LogP contribution in [0.15, 0.2) is 18.2 Å². The highest BCUT2D eigenvalue weighted by molar-refractivity contribution is 7.22. The van der Waals surface area contributed by atoms with Crippen LogP contribution in [0.2, 0.25) is 0 Å². The number of nitro benzene ring substituents is 1. The number of amides is 3. The number of fused-ring (bicyclic) bond motifs is 3. The second-order valence-electron chi connectivity index (χ2n) is 8.67. The van der Waals surface area contributed by atoms with E-state index < -0.39 is 10.3 Å². The van der Waals surface area contributed by atoms with Crippen molar-refractivity contribution in [1.82, 2.24) is 9.88 Å². The Kier molecular flexibility index (Phi) is 4.64. The molecule has 2 fully saturated rings. The summed E-state index contributed by atoms with van der Waals surface area (Å²) in [5.74, 6) is -0.971.